The van der Waals surface area contributed by atoms with Gasteiger partial charge in [0.2, 0.25) is 0 Å². The van der Waals surface area contributed by atoms with Crippen LogP contribution >= 0.6 is 0 Å². The van der Waals surface area contributed by atoms with Crippen LogP contribution < -0.4 is 0 Å². The predicted molar refractivity (Wildman–Crippen MR) is 71.4 cm³/mol. The average molecular weight is 252 g/mol. The SMILES string of the molecule is CC(C(=O)O)c1ccc2c(c1)C(=O)c1ccccc1-2. The molecule has 0 saturated carbocycles. The van der Waals surface area contributed by atoms with Crippen LogP contribution in [0.4, 0.5) is 0 Å². The summed E-state index contributed by atoms with van der Waals surface area (Å²) in [6, 6.07) is 12.8. The molecule has 2 aromatic rings. The Balaban J connectivity index is 2.15. The number of carbonyl (C=O) groups is 2. The summed E-state index contributed by atoms with van der Waals surface area (Å²) < 4.78 is 0. The normalized spacial score (nSPS) is 13.8. The minimum Gasteiger partial charge on any atom is -0.481 e. The molecule has 0 saturated heterocycles. The van der Waals surface area contributed by atoms with Gasteiger partial charge in [-0.15, -0.1) is 0 Å². The molecule has 0 fully saturated rings. The summed E-state index contributed by atoms with van der Waals surface area (Å²) in [6.07, 6.45) is 0. The van der Waals surface area contributed by atoms with Crippen molar-refractivity contribution in [1.82, 2.24) is 0 Å². The topological polar surface area (TPSA) is 54.4 Å². The van der Waals surface area contributed by atoms with Crippen LogP contribution in [0.2, 0.25) is 0 Å². The number of ketones is 1. The summed E-state index contributed by atoms with van der Waals surface area (Å²) in [6.45, 7) is 1.62. The lowest BCUT2D eigenvalue weighted by molar-refractivity contribution is -0.138. The molecule has 1 aliphatic rings. The molecular weight excluding hydrogens is 240 g/mol. The first-order valence-electron chi connectivity index (χ1n) is 6.10. The van der Waals surface area contributed by atoms with E-state index < -0.39 is 11.9 Å². The van der Waals surface area contributed by atoms with Crippen molar-refractivity contribution in [2.75, 3.05) is 0 Å². The fourth-order valence-electron chi connectivity index (χ4n) is 2.46. The summed E-state index contributed by atoms with van der Waals surface area (Å²) in [4.78, 5) is 23.3. The number of carboxylic acids is 1. The highest BCUT2D eigenvalue weighted by Crippen LogP contribution is 2.37. The average Bonchev–Trinajstić information content (AvgIpc) is 2.72. The summed E-state index contributed by atoms with van der Waals surface area (Å²) in [5.74, 6) is -1.52. The van der Waals surface area contributed by atoms with Crippen molar-refractivity contribution in [2.24, 2.45) is 0 Å². The Bertz CT molecular complexity index is 701. The van der Waals surface area contributed by atoms with Gasteiger partial charge in [-0.25, -0.2) is 0 Å². The van der Waals surface area contributed by atoms with Gasteiger partial charge in [0.15, 0.2) is 5.78 Å². The summed E-state index contributed by atoms with van der Waals surface area (Å²) in [7, 11) is 0. The van der Waals surface area contributed by atoms with Gasteiger partial charge in [-0.3, -0.25) is 9.59 Å². The minimum atomic E-state index is -0.886. The van der Waals surface area contributed by atoms with E-state index in [0.29, 0.717) is 16.7 Å². The van der Waals surface area contributed by atoms with Crippen LogP contribution in [0.1, 0.15) is 34.3 Å². The molecule has 0 aromatic heterocycles. The molecule has 94 valence electrons. The Kier molecular flexibility index (Phi) is 2.49. The highest BCUT2D eigenvalue weighted by molar-refractivity contribution is 6.21. The van der Waals surface area contributed by atoms with E-state index in [9.17, 15) is 9.59 Å². The number of aliphatic carboxylic acids is 1. The fourth-order valence-corrected chi connectivity index (χ4v) is 2.46. The maximum absolute atomic E-state index is 12.3. The van der Waals surface area contributed by atoms with Crippen LogP contribution in [0, 0.1) is 0 Å². The largest absolute Gasteiger partial charge is 0.481 e. The van der Waals surface area contributed by atoms with Crippen molar-refractivity contribution in [3.05, 3.63) is 59.2 Å². The zero-order valence-electron chi connectivity index (χ0n) is 10.4. The Hall–Kier alpha value is -2.42. The lowest BCUT2D eigenvalue weighted by Crippen LogP contribution is -2.08. The van der Waals surface area contributed by atoms with E-state index in [1.165, 1.54) is 0 Å². The third-order valence-electron chi connectivity index (χ3n) is 3.62. The molecule has 1 atom stereocenters. The van der Waals surface area contributed by atoms with Crippen LogP contribution in [0.3, 0.4) is 0 Å². The first-order valence-corrected chi connectivity index (χ1v) is 6.10. The van der Waals surface area contributed by atoms with E-state index >= 15 is 0 Å². The Morgan fingerprint density at radius 2 is 1.63 bits per heavy atom. The molecule has 0 radical (unpaired) electrons. The van der Waals surface area contributed by atoms with Crippen LogP contribution in [0.25, 0.3) is 11.1 Å². The second-order valence-electron chi connectivity index (χ2n) is 4.74. The van der Waals surface area contributed by atoms with E-state index in [1.54, 1.807) is 25.1 Å². The second kappa shape index (κ2) is 4.05. The maximum Gasteiger partial charge on any atom is 0.310 e. The first-order chi connectivity index (χ1) is 9.09. The molecule has 3 rings (SSSR count). The summed E-state index contributed by atoms with van der Waals surface area (Å²) in [5.41, 5.74) is 3.77. The van der Waals surface area contributed by atoms with E-state index in [2.05, 4.69) is 0 Å². The monoisotopic (exact) mass is 252 g/mol. The molecule has 3 heteroatoms. The van der Waals surface area contributed by atoms with E-state index in [4.69, 9.17) is 5.11 Å². The van der Waals surface area contributed by atoms with Gasteiger partial charge < -0.3 is 5.11 Å². The van der Waals surface area contributed by atoms with Crippen molar-refractivity contribution >= 4 is 11.8 Å². The number of hydrogen-bond acceptors (Lipinski definition) is 2. The predicted octanol–water partition coefficient (Wildman–Crippen LogP) is 3.09. The molecule has 0 spiro atoms. The Labute approximate surface area is 110 Å². The summed E-state index contributed by atoms with van der Waals surface area (Å²) in [5, 5.41) is 9.04. The molecule has 1 unspecified atom stereocenters. The zero-order chi connectivity index (χ0) is 13.6. The van der Waals surface area contributed by atoms with Crippen molar-refractivity contribution in [1.29, 1.82) is 0 Å². The van der Waals surface area contributed by atoms with Gasteiger partial charge in [-0.2, -0.15) is 0 Å². The van der Waals surface area contributed by atoms with Gasteiger partial charge in [0.25, 0.3) is 0 Å². The van der Waals surface area contributed by atoms with Crippen molar-refractivity contribution in [2.45, 2.75) is 12.8 Å². The zero-order valence-corrected chi connectivity index (χ0v) is 10.4. The van der Waals surface area contributed by atoms with Crippen LogP contribution in [0.5, 0.6) is 0 Å². The van der Waals surface area contributed by atoms with Gasteiger partial charge in [0.05, 0.1) is 5.92 Å². The molecule has 1 aliphatic carbocycles. The van der Waals surface area contributed by atoms with Crippen molar-refractivity contribution in [3.8, 4) is 11.1 Å². The minimum absolute atomic E-state index is 0.0231. The quantitative estimate of drug-likeness (QED) is 0.762. The summed E-state index contributed by atoms with van der Waals surface area (Å²) >= 11 is 0. The molecule has 2 aromatic carbocycles. The highest BCUT2D eigenvalue weighted by Gasteiger charge is 2.27. The molecule has 0 heterocycles. The van der Waals surface area contributed by atoms with Crippen LogP contribution in [0.15, 0.2) is 42.5 Å². The number of carboxylic acid groups (broad SMARTS) is 1. The fraction of sp³-hybridized carbons (Fsp3) is 0.125. The third kappa shape index (κ3) is 1.66. The number of carbonyl (C=O) groups excluding carboxylic acids is 1. The van der Waals surface area contributed by atoms with Crippen molar-refractivity contribution in [3.63, 3.8) is 0 Å². The number of rotatable bonds is 2. The lowest BCUT2D eigenvalue weighted by Gasteiger charge is -2.08. The van der Waals surface area contributed by atoms with E-state index in [0.717, 1.165) is 11.1 Å². The maximum atomic E-state index is 12.3. The molecule has 0 aliphatic heterocycles. The standard InChI is InChI=1S/C16H12O3/c1-9(16(18)19)10-6-7-12-11-4-2-3-5-13(11)15(17)14(12)8-10/h2-9H,1H3,(H,18,19). The van der Waals surface area contributed by atoms with Crippen LogP contribution in [-0.2, 0) is 4.79 Å². The van der Waals surface area contributed by atoms with Gasteiger partial charge in [0, 0.05) is 11.1 Å². The molecule has 0 amide bonds. The van der Waals surface area contributed by atoms with Crippen LogP contribution in [-0.4, -0.2) is 16.9 Å². The molecule has 1 N–H and O–H groups in total. The Morgan fingerprint density at radius 3 is 2.32 bits per heavy atom. The molecule has 0 bridgehead atoms. The third-order valence-corrected chi connectivity index (χ3v) is 3.62. The lowest BCUT2D eigenvalue weighted by atomic mass is 9.96. The van der Waals surface area contributed by atoms with Gasteiger partial charge in [-0.1, -0.05) is 36.4 Å². The van der Waals surface area contributed by atoms with Crippen molar-refractivity contribution < 1.29 is 14.7 Å². The van der Waals surface area contributed by atoms with E-state index in [1.807, 2.05) is 24.3 Å². The van der Waals surface area contributed by atoms with Gasteiger partial charge in [0.1, 0.15) is 0 Å². The molecule has 3 nitrogen and oxygen atoms in total. The number of benzene rings is 2. The second-order valence-corrected chi connectivity index (χ2v) is 4.74. The molecular formula is C16H12O3. The number of fused-ring (bicyclic) bond motifs is 3. The first kappa shape index (κ1) is 11.7. The Morgan fingerprint density at radius 1 is 1.00 bits per heavy atom. The number of hydrogen-bond donors (Lipinski definition) is 1. The smallest absolute Gasteiger partial charge is 0.310 e. The molecule has 19 heavy (non-hydrogen) atoms. The van der Waals surface area contributed by atoms with E-state index in [-0.39, 0.29) is 5.78 Å². The highest BCUT2D eigenvalue weighted by atomic mass is 16.4. The van der Waals surface area contributed by atoms with Gasteiger partial charge in [-0.05, 0) is 29.7 Å². The van der Waals surface area contributed by atoms with Gasteiger partial charge >= 0.3 is 5.97 Å².